The van der Waals surface area contributed by atoms with Crippen LogP contribution in [-0.4, -0.2) is 46.9 Å². The van der Waals surface area contributed by atoms with Crippen molar-refractivity contribution >= 4 is 34.4 Å². The minimum Gasteiger partial charge on any atom is -0.493 e. The van der Waals surface area contributed by atoms with Gasteiger partial charge in [0.25, 0.3) is 5.82 Å². The summed E-state index contributed by atoms with van der Waals surface area (Å²) in [4.78, 5) is 10.1. The lowest BCUT2D eigenvalue weighted by Gasteiger charge is -2.14. The van der Waals surface area contributed by atoms with Crippen LogP contribution in [0.5, 0.6) is 11.5 Å². The van der Waals surface area contributed by atoms with Crippen molar-refractivity contribution < 1.29 is 18.9 Å². The molecular formula is C26H34N4O2S+2. The first-order valence-electron chi connectivity index (χ1n) is 11.4. The van der Waals surface area contributed by atoms with Crippen molar-refractivity contribution in [3.63, 3.8) is 0 Å². The lowest BCUT2D eigenvalue weighted by atomic mass is 10.1. The van der Waals surface area contributed by atoms with Crippen LogP contribution in [-0.2, 0) is 13.5 Å². The monoisotopic (exact) mass is 466 g/mol. The van der Waals surface area contributed by atoms with Gasteiger partial charge in [-0.3, -0.25) is 0 Å². The molecule has 0 unspecified atom stereocenters. The van der Waals surface area contributed by atoms with Crippen molar-refractivity contribution in [2.75, 3.05) is 46.8 Å². The van der Waals surface area contributed by atoms with E-state index in [1.54, 1.807) is 26.0 Å². The van der Waals surface area contributed by atoms with Gasteiger partial charge in [0, 0.05) is 24.1 Å². The van der Waals surface area contributed by atoms with Crippen molar-refractivity contribution in [1.29, 1.82) is 0 Å². The largest absolute Gasteiger partial charge is 0.493 e. The molecule has 6 nitrogen and oxygen atoms in total. The number of hydrogen-bond donors (Lipinski definition) is 1. The zero-order chi connectivity index (χ0) is 23.5. The lowest BCUT2D eigenvalue weighted by molar-refractivity contribution is -0.858. The van der Waals surface area contributed by atoms with Gasteiger partial charge in [0.05, 0.1) is 64.4 Å². The van der Waals surface area contributed by atoms with E-state index in [0.29, 0.717) is 5.75 Å². The van der Waals surface area contributed by atoms with E-state index in [-0.39, 0.29) is 0 Å². The van der Waals surface area contributed by atoms with E-state index < -0.39 is 0 Å². The van der Waals surface area contributed by atoms with Crippen LogP contribution in [0, 0.1) is 0 Å². The first kappa shape index (κ1) is 23.4. The van der Waals surface area contributed by atoms with Gasteiger partial charge in [0.15, 0.2) is 17.2 Å². The van der Waals surface area contributed by atoms with Gasteiger partial charge in [0.2, 0.25) is 0 Å². The molecule has 0 saturated carbocycles. The van der Waals surface area contributed by atoms with Crippen LogP contribution >= 0.6 is 11.8 Å². The number of ether oxygens (including phenoxy) is 2. The third-order valence-electron chi connectivity index (χ3n) is 6.13. The molecule has 0 fully saturated rings. The number of rotatable bonds is 8. The van der Waals surface area contributed by atoms with Gasteiger partial charge in [-0.1, -0.05) is 23.9 Å². The van der Waals surface area contributed by atoms with Crippen LogP contribution in [0.3, 0.4) is 0 Å². The second-order valence-electron chi connectivity index (χ2n) is 8.72. The van der Waals surface area contributed by atoms with Gasteiger partial charge in [0.1, 0.15) is 5.52 Å². The number of anilines is 1. The molecule has 0 aliphatic carbocycles. The molecule has 1 N–H and O–H groups in total. The van der Waals surface area contributed by atoms with Gasteiger partial charge < -0.3 is 19.3 Å². The Morgan fingerprint density at radius 1 is 1.09 bits per heavy atom. The maximum absolute atomic E-state index is 5.61. The van der Waals surface area contributed by atoms with Crippen LogP contribution in [0.2, 0.25) is 0 Å². The molecule has 2 aromatic carbocycles. The molecule has 3 aromatic rings. The van der Waals surface area contributed by atoms with Crippen LogP contribution in [0.4, 0.5) is 5.69 Å². The van der Waals surface area contributed by atoms with E-state index in [9.17, 15) is 0 Å². The first-order chi connectivity index (χ1) is 15.9. The molecule has 1 aromatic heterocycles. The summed E-state index contributed by atoms with van der Waals surface area (Å²) in [6, 6.07) is 12.6. The Balaban J connectivity index is 1.80. The number of methoxy groups -OCH3 is 2. The van der Waals surface area contributed by atoms with Crippen molar-refractivity contribution in [3.05, 3.63) is 52.9 Å². The molecule has 7 heteroatoms. The molecule has 0 saturated heterocycles. The number of aryl methyl sites for hydroxylation is 2. The highest BCUT2D eigenvalue weighted by atomic mass is 32.2. The summed E-state index contributed by atoms with van der Waals surface area (Å²) in [7, 11) is 12.0. The van der Waals surface area contributed by atoms with Crippen LogP contribution in [0.15, 0.2) is 46.3 Å². The summed E-state index contributed by atoms with van der Waals surface area (Å²) in [5.74, 6) is 2.52. The highest BCUT2D eigenvalue weighted by Crippen LogP contribution is 2.45. The molecule has 0 spiro atoms. The Morgan fingerprint density at radius 3 is 2.52 bits per heavy atom. The highest BCUT2D eigenvalue weighted by Gasteiger charge is 2.25. The van der Waals surface area contributed by atoms with Gasteiger partial charge in [-0.2, -0.15) is 0 Å². The molecule has 33 heavy (non-hydrogen) atoms. The Kier molecular flexibility index (Phi) is 7.10. The van der Waals surface area contributed by atoms with Crippen molar-refractivity contribution in [2.24, 2.45) is 7.05 Å². The molecule has 0 radical (unpaired) electrons. The molecule has 0 amide bonds. The molecule has 2 heterocycles. The summed E-state index contributed by atoms with van der Waals surface area (Å²) in [6.45, 7) is 1.17. The number of hydrogen-bond acceptors (Lipinski definition) is 5. The quantitative estimate of drug-likeness (QED) is 0.408. The summed E-state index contributed by atoms with van der Waals surface area (Å²) < 4.78 is 13.4. The van der Waals surface area contributed by atoms with Gasteiger partial charge >= 0.3 is 0 Å². The van der Waals surface area contributed by atoms with Crippen molar-refractivity contribution in [1.82, 2.24) is 4.98 Å². The zero-order valence-corrected chi connectivity index (χ0v) is 21.3. The number of unbranched alkanes of at least 4 members (excludes halogenated alkanes) is 1. The molecule has 0 bridgehead atoms. The number of nitrogens with one attached hydrogen (secondary N) is 1. The number of benzene rings is 2. The average Bonchev–Trinajstić information content (AvgIpc) is 3.13. The Bertz CT molecular complexity index is 1190. The smallest absolute Gasteiger partial charge is 0.299 e. The minimum atomic E-state index is 0.712. The average molecular weight is 467 g/mol. The Hall–Kier alpha value is -2.77. The third kappa shape index (κ3) is 4.80. The predicted octanol–water partition coefficient (Wildman–Crippen LogP) is 3.08. The first-order valence-corrected chi connectivity index (χ1v) is 12.2. The summed E-state index contributed by atoms with van der Waals surface area (Å²) >= 11 is 1.78. The van der Waals surface area contributed by atoms with E-state index in [0.717, 1.165) is 46.0 Å². The molecule has 174 valence electrons. The molecule has 1 aliphatic heterocycles. The molecule has 4 rings (SSSR count). The number of thioether (sulfide) groups is 1. The standard InChI is InChI=1S/C26H33N4O2S/c1-28(2)14-10-9-13-25-27-19(16-26-30(4)20-11-7-8-12-24(20)33-26)18-15-22(31-5)23(32-6)17-21(18)29(25)3/h7-8,11-12,15-17H,9-10,13-14H2,1-6H3/q+1/p+1. The Labute approximate surface area is 200 Å². The maximum atomic E-state index is 5.61. The van der Waals surface area contributed by atoms with Gasteiger partial charge in [-0.05, 0) is 36.0 Å². The van der Waals surface area contributed by atoms with E-state index in [2.05, 4.69) is 74.1 Å². The highest BCUT2D eigenvalue weighted by molar-refractivity contribution is 8.03. The van der Waals surface area contributed by atoms with Gasteiger partial charge in [-0.15, -0.1) is 0 Å². The van der Waals surface area contributed by atoms with Crippen molar-refractivity contribution in [3.8, 4) is 11.5 Å². The summed E-state index contributed by atoms with van der Waals surface area (Å²) in [5, 5.41) is 2.21. The number of fused-ring (bicyclic) bond motifs is 2. The van der Waals surface area contributed by atoms with Crippen LogP contribution < -0.4 is 23.8 Å². The fraction of sp³-hybridized carbons (Fsp3) is 0.385. The number of nitrogens with zero attached hydrogens (tertiary/aromatic N) is 3. The fourth-order valence-electron chi connectivity index (χ4n) is 4.22. The van der Waals surface area contributed by atoms with Crippen LogP contribution in [0.1, 0.15) is 24.4 Å². The Morgan fingerprint density at radius 2 is 1.82 bits per heavy atom. The topological polar surface area (TPSA) is 42.9 Å². The van der Waals surface area contributed by atoms with Crippen LogP contribution in [0.25, 0.3) is 17.0 Å². The normalized spacial score (nSPS) is 14.4. The summed E-state index contributed by atoms with van der Waals surface area (Å²) in [6.07, 6.45) is 5.43. The lowest BCUT2D eigenvalue weighted by Crippen LogP contribution is -3.05. The van der Waals surface area contributed by atoms with E-state index in [1.807, 2.05) is 6.07 Å². The number of aromatic nitrogens is 2. The third-order valence-corrected chi connectivity index (χ3v) is 7.30. The maximum Gasteiger partial charge on any atom is 0.299 e. The fourth-order valence-corrected chi connectivity index (χ4v) is 5.31. The second kappa shape index (κ2) is 10.0. The molecular weight excluding hydrogens is 432 g/mol. The summed E-state index contributed by atoms with van der Waals surface area (Å²) in [5.41, 5.74) is 3.27. The predicted molar refractivity (Wildman–Crippen MR) is 135 cm³/mol. The number of quaternary nitrogens is 1. The number of para-hydroxylation sites is 1. The van der Waals surface area contributed by atoms with E-state index in [4.69, 9.17) is 14.5 Å². The second-order valence-corrected chi connectivity index (χ2v) is 9.78. The zero-order valence-electron chi connectivity index (χ0n) is 20.4. The van der Waals surface area contributed by atoms with Gasteiger partial charge in [-0.25, -0.2) is 4.57 Å². The molecule has 0 atom stereocenters. The molecule has 1 aliphatic rings. The SMILES string of the molecule is COc1cc2c(C=C3Sc4ccccc4N3C)nc(CCCC[NH+](C)C)[n+](C)c2cc1OC. The van der Waals surface area contributed by atoms with E-state index >= 15 is 0 Å². The van der Waals surface area contributed by atoms with E-state index in [1.165, 1.54) is 28.4 Å². The van der Waals surface area contributed by atoms with Crippen molar-refractivity contribution in [2.45, 2.75) is 24.2 Å². The minimum absolute atomic E-state index is 0.712.